The van der Waals surface area contributed by atoms with Crippen molar-refractivity contribution in [1.82, 2.24) is 4.98 Å². The Labute approximate surface area is 174 Å². The lowest BCUT2D eigenvalue weighted by atomic mass is 9.63. The summed E-state index contributed by atoms with van der Waals surface area (Å²) in [5.41, 5.74) is 0.00643. The van der Waals surface area contributed by atoms with Crippen LogP contribution in [0.2, 0.25) is 0 Å². The number of hydrogen-bond donors (Lipinski definition) is 1. The second-order valence-corrected chi connectivity index (χ2v) is 8.07. The average Bonchev–Trinajstić information content (AvgIpc) is 2.72. The molecule has 1 N–H and O–H groups in total. The molecule has 31 heavy (non-hydrogen) atoms. The van der Waals surface area contributed by atoms with E-state index in [-0.39, 0.29) is 36.9 Å². The van der Waals surface area contributed by atoms with Crippen LogP contribution in [0, 0.1) is 5.92 Å². The Kier molecular flexibility index (Phi) is 5.14. The van der Waals surface area contributed by atoms with Crippen LogP contribution in [0.25, 0.3) is 10.9 Å². The second kappa shape index (κ2) is 7.43. The number of phenolic OH excluding ortho intramolecular Hbond substituents is 1. The number of halogens is 6. The van der Waals surface area contributed by atoms with E-state index in [1.807, 2.05) is 0 Å². The van der Waals surface area contributed by atoms with E-state index in [9.17, 15) is 31.4 Å². The molecule has 2 aromatic carbocycles. The highest BCUT2D eigenvalue weighted by Crippen LogP contribution is 2.50. The molecule has 1 aromatic heterocycles. The first-order valence-electron chi connectivity index (χ1n) is 9.83. The molecule has 1 aliphatic rings. The highest BCUT2D eigenvalue weighted by molar-refractivity contribution is 5.80. The van der Waals surface area contributed by atoms with Crippen molar-refractivity contribution in [3.8, 4) is 5.75 Å². The summed E-state index contributed by atoms with van der Waals surface area (Å²) in [4.78, 5) is 4.21. The summed E-state index contributed by atoms with van der Waals surface area (Å²) in [7, 11) is 0. The van der Waals surface area contributed by atoms with Gasteiger partial charge in [0.1, 0.15) is 5.75 Å². The summed E-state index contributed by atoms with van der Waals surface area (Å²) in [5.74, 6) is -1.35. The van der Waals surface area contributed by atoms with Crippen molar-refractivity contribution in [3.05, 3.63) is 71.4 Å². The van der Waals surface area contributed by atoms with Gasteiger partial charge in [0, 0.05) is 17.0 Å². The molecule has 0 saturated heterocycles. The van der Waals surface area contributed by atoms with Crippen LogP contribution in [0.15, 0.2) is 54.7 Å². The molecule has 0 unspecified atom stereocenters. The van der Waals surface area contributed by atoms with Crippen molar-refractivity contribution in [2.75, 3.05) is 0 Å². The number of nitrogens with zero attached hydrogens (tertiary/aromatic N) is 1. The third-order valence-corrected chi connectivity index (χ3v) is 6.29. The standard InChI is InChI=1S/C23H19F6NO/c24-22(25,26)16-7-9-21(10-8-16,15-3-5-19(31)6-4-15)18-11-14-1-2-17(23(27,28)29)12-20(14)30-13-18/h1-6,11-13,16,31H,7-10H2. The van der Waals surface area contributed by atoms with E-state index in [2.05, 4.69) is 4.98 Å². The van der Waals surface area contributed by atoms with Crippen molar-refractivity contribution in [3.63, 3.8) is 0 Å². The predicted molar refractivity (Wildman–Crippen MR) is 104 cm³/mol. The van der Waals surface area contributed by atoms with Crippen LogP contribution in [0.4, 0.5) is 26.3 Å². The zero-order valence-corrected chi connectivity index (χ0v) is 16.3. The van der Waals surface area contributed by atoms with E-state index in [4.69, 9.17) is 0 Å². The van der Waals surface area contributed by atoms with Crippen LogP contribution in [-0.2, 0) is 11.6 Å². The Bertz CT molecular complexity index is 1080. The average molecular weight is 439 g/mol. The molecule has 2 nitrogen and oxygen atoms in total. The lowest BCUT2D eigenvalue weighted by molar-refractivity contribution is -0.184. The van der Waals surface area contributed by atoms with Gasteiger partial charge in [0.15, 0.2) is 0 Å². The van der Waals surface area contributed by atoms with E-state index < -0.39 is 29.2 Å². The van der Waals surface area contributed by atoms with Crippen LogP contribution < -0.4 is 0 Å². The van der Waals surface area contributed by atoms with Gasteiger partial charge in [0.05, 0.1) is 17.0 Å². The maximum Gasteiger partial charge on any atom is 0.416 e. The van der Waals surface area contributed by atoms with Gasteiger partial charge in [-0.2, -0.15) is 26.3 Å². The van der Waals surface area contributed by atoms with Gasteiger partial charge in [-0.15, -0.1) is 0 Å². The van der Waals surface area contributed by atoms with Crippen molar-refractivity contribution < 1.29 is 31.4 Å². The van der Waals surface area contributed by atoms with Crippen LogP contribution in [-0.4, -0.2) is 16.3 Å². The van der Waals surface area contributed by atoms with Crippen molar-refractivity contribution in [2.24, 2.45) is 5.92 Å². The quantitative estimate of drug-likeness (QED) is 0.436. The molecule has 1 fully saturated rings. The fraction of sp³-hybridized carbons (Fsp3) is 0.348. The second-order valence-electron chi connectivity index (χ2n) is 8.07. The molecule has 0 bridgehead atoms. The molecule has 1 heterocycles. The van der Waals surface area contributed by atoms with Gasteiger partial charge in [-0.05, 0) is 67.1 Å². The van der Waals surface area contributed by atoms with Gasteiger partial charge in [0.25, 0.3) is 0 Å². The van der Waals surface area contributed by atoms with Gasteiger partial charge in [-0.25, -0.2) is 0 Å². The Balaban J connectivity index is 1.78. The SMILES string of the molecule is Oc1ccc(C2(c3cnc4cc(C(F)(F)F)ccc4c3)CCC(C(F)(F)F)CC2)cc1. The van der Waals surface area contributed by atoms with E-state index in [1.165, 1.54) is 24.4 Å². The zero-order chi connectivity index (χ0) is 22.4. The summed E-state index contributed by atoms with van der Waals surface area (Å²) >= 11 is 0. The number of fused-ring (bicyclic) bond motifs is 1. The van der Waals surface area contributed by atoms with Crippen LogP contribution >= 0.6 is 0 Å². The summed E-state index contributed by atoms with van der Waals surface area (Å²) in [6.45, 7) is 0. The first-order valence-corrected chi connectivity index (χ1v) is 9.83. The van der Waals surface area contributed by atoms with Gasteiger partial charge in [0.2, 0.25) is 0 Å². The Morgan fingerprint density at radius 3 is 2.06 bits per heavy atom. The lowest BCUT2D eigenvalue weighted by Gasteiger charge is -2.41. The third-order valence-electron chi connectivity index (χ3n) is 6.29. The highest BCUT2D eigenvalue weighted by atomic mass is 19.4. The molecule has 0 aliphatic heterocycles. The fourth-order valence-electron chi connectivity index (χ4n) is 4.52. The van der Waals surface area contributed by atoms with Gasteiger partial charge in [-0.1, -0.05) is 18.2 Å². The smallest absolute Gasteiger partial charge is 0.416 e. The highest BCUT2D eigenvalue weighted by Gasteiger charge is 2.47. The predicted octanol–water partition coefficient (Wildman–Crippen LogP) is 7.00. The van der Waals surface area contributed by atoms with Crippen LogP contribution in [0.5, 0.6) is 5.75 Å². The molecule has 8 heteroatoms. The summed E-state index contributed by atoms with van der Waals surface area (Å²) in [5, 5.41) is 10.1. The monoisotopic (exact) mass is 439 g/mol. The molecule has 1 saturated carbocycles. The Hall–Kier alpha value is -2.77. The van der Waals surface area contributed by atoms with Crippen LogP contribution in [0.1, 0.15) is 42.4 Å². The number of alkyl halides is 6. The molecular formula is C23H19F6NO. The minimum absolute atomic E-state index is 0.0409. The van der Waals surface area contributed by atoms with Crippen molar-refractivity contribution in [1.29, 1.82) is 0 Å². The number of rotatable bonds is 2. The molecule has 164 valence electrons. The number of hydrogen-bond acceptors (Lipinski definition) is 2. The first-order chi connectivity index (χ1) is 14.5. The fourth-order valence-corrected chi connectivity index (χ4v) is 4.52. The van der Waals surface area contributed by atoms with Gasteiger partial charge >= 0.3 is 12.4 Å². The number of benzene rings is 2. The number of aromatic nitrogens is 1. The molecule has 3 aromatic rings. The molecule has 4 rings (SSSR count). The summed E-state index contributed by atoms with van der Waals surface area (Å²) in [6, 6.07) is 11.3. The summed E-state index contributed by atoms with van der Waals surface area (Å²) < 4.78 is 78.7. The number of pyridine rings is 1. The van der Waals surface area contributed by atoms with Gasteiger partial charge in [-0.3, -0.25) is 4.98 Å². The van der Waals surface area contributed by atoms with E-state index in [0.717, 1.165) is 17.7 Å². The molecule has 0 spiro atoms. The van der Waals surface area contributed by atoms with E-state index in [0.29, 0.717) is 10.9 Å². The molecule has 0 amide bonds. The maximum absolute atomic E-state index is 13.3. The lowest BCUT2D eigenvalue weighted by Crippen LogP contribution is -2.37. The first kappa shape index (κ1) is 21.5. The summed E-state index contributed by atoms with van der Waals surface area (Å²) in [6.07, 6.45) is -6.98. The van der Waals surface area contributed by atoms with Gasteiger partial charge < -0.3 is 5.11 Å². The molecule has 0 atom stereocenters. The minimum Gasteiger partial charge on any atom is -0.508 e. The van der Waals surface area contributed by atoms with Crippen LogP contribution in [0.3, 0.4) is 0 Å². The Morgan fingerprint density at radius 2 is 1.48 bits per heavy atom. The molecule has 0 radical (unpaired) electrons. The van der Waals surface area contributed by atoms with Crippen molar-refractivity contribution in [2.45, 2.75) is 43.5 Å². The normalized spacial score (nSPS) is 22.6. The zero-order valence-electron chi connectivity index (χ0n) is 16.3. The minimum atomic E-state index is -4.49. The van der Waals surface area contributed by atoms with Crippen molar-refractivity contribution >= 4 is 10.9 Å². The topological polar surface area (TPSA) is 33.1 Å². The third kappa shape index (κ3) is 4.07. The molecule has 1 aliphatic carbocycles. The molecular weight excluding hydrogens is 420 g/mol. The number of aromatic hydroxyl groups is 1. The largest absolute Gasteiger partial charge is 0.508 e. The van der Waals surface area contributed by atoms with E-state index >= 15 is 0 Å². The Morgan fingerprint density at radius 1 is 0.839 bits per heavy atom. The van der Waals surface area contributed by atoms with E-state index in [1.54, 1.807) is 18.2 Å². The number of phenols is 1. The maximum atomic E-state index is 13.3.